The number of benzene rings is 2. The fourth-order valence-electron chi connectivity index (χ4n) is 4.37. The normalized spacial score (nSPS) is 14.8. The van der Waals surface area contributed by atoms with Crippen LogP contribution < -0.4 is 10.6 Å². The van der Waals surface area contributed by atoms with E-state index in [0.717, 1.165) is 57.2 Å². The third-order valence-electron chi connectivity index (χ3n) is 6.11. The van der Waals surface area contributed by atoms with Crippen molar-refractivity contribution >= 4 is 22.7 Å². The Kier molecular flexibility index (Phi) is 5.98. The molecule has 0 unspecified atom stereocenters. The van der Waals surface area contributed by atoms with Crippen LogP contribution in [0.5, 0.6) is 0 Å². The number of nitrogens with zero attached hydrogens (tertiary/aromatic N) is 6. The van der Waals surface area contributed by atoms with Crippen LogP contribution in [0.15, 0.2) is 67.0 Å². The average Bonchev–Trinajstić information content (AvgIpc) is 3.24. The largest absolute Gasteiger partial charge is 0.382 e. The van der Waals surface area contributed by atoms with Crippen LogP contribution in [0.25, 0.3) is 11.2 Å². The quantitative estimate of drug-likeness (QED) is 0.488. The molecule has 7 heteroatoms. The van der Waals surface area contributed by atoms with Gasteiger partial charge in [0, 0.05) is 44.8 Å². The minimum absolute atomic E-state index is 0.455. The number of hydrogen-bond acceptors (Lipinski definition) is 6. The molecule has 5 rings (SSSR count). The van der Waals surface area contributed by atoms with Gasteiger partial charge in [-0.05, 0) is 30.7 Å². The third kappa shape index (κ3) is 4.57. The second kappa shape index (κ2) is 9.36. The van der Waals surface area contributed by atoms with Gasteiger partial charge in [0.15, 0.2) is 11.5 Å². The number of fused-ring (bicyclic) bond motifs is 1. The smallest absolute Gasteiger partial charge is 0.165 e. The lowest BCUT2D eigenvalue weighted by molar-refractivity contribution is 0.251. The van der Waals surface area contributed by atoms with Crippen LogP contribution in [0.1, 0.15) is 17.8 Å². The van der Waals surface area contributed by atoms with Crippen molar-refractivity contribution in [2.24, 2.45) is 0 Å². The third-order valence-corrected chi connectivity index (χ3v) is 6.11. The maximum absolute atomic E-state index is 6.19. The molecule has 0 atom stereocenters. The molecule has 1 saturated heterocycles. The Morgan fingerprint density at radius 1 is 0.812 bits per heavy atom. The highest BCUT2D eigenvalue weighted by Crippen LogP contribution is 2.19. The zero-order valence-corrected chi connectivity index (χ0v) is 18.3. The predicted molar refractivity (Wildman–Crippen MR) is 129 cm³/mol. The van der Waals surface area contributed by atoms with Crippen LogP contribution in [0.4, 0.5) is 11.5 Å². The molecule has 2 aromatic heterocycles. The number of aromatic nitrogens is 4. The summed E-state index contributed by atoms with van der Waals surface area (Å²) in [7, 11) is 0. The van der Waals surface area contributed by atoms with Gasteiger partial charge in [-0.2, -0.15) is 0 Å². The zero-order chi connectivity index (χ0) is 21.8. The van der Waals surface area contributed by atoms with E-state index < -0.39 is 0 Å². The topological polar surface area (TPSA) is 76.1 Å². The lowest BCUT2D eigenvalue weighted by atomic mass is 10.1. The highest BCUT2D eigenvalue weighted by molar-refractivity contribution is 5.81. The van der Waals surface area contributed by atoms with Gasteiger partial charge in [0.1, 0.15) is 11.3 Å². The Bertz CT molecular complexity index is 1150. The fourth-order valence-corrected chi connectivity index (χ4v) is 4.37. The first-order valence-corrected chi connectivity index (χ1v) is 11.3. The molecular formula is C25H29N7. The summed E-state index contributed by atoms with van der Waals surface area (Å²) < 4.78 is 2.11. The molecule has 1 aliphatic heterocycles. The highest BCUT2D eigenvalue weighted by Gasteiger charge is 2.17. The number of rotatable bonds is 7. The number of piperazine rings is 1. The first-order chi connectivity index (χ1) is 15.8. The monoisotopic (exact) mass is 427 g/mol. The van der Waals surface area contributed by atoms with Gasteiger partial charge < -0.3 is 15.2 Å². The van der Waals surface area contributed by atoms with E-state index in [1.165, 1.54) is 11.3 Å². The summed E-state index contributed by atoms with van der Waals surface area (Å²) in [5.41, 5.74) is 10.2. The lowest BCUT2D eigenvalue weighted by Crippen LogP contribution is -2.46. The van der Waals surface area contributed by atoms with E-state index in [1.54, 1.807) is 0 Å². The van der Waals surface area contributed by atoms with Crippen LogP contribution in [0.3, 0.4) is 0 Å². The minimum Gasteiger partial charge on any atom is -0.382 e. The number of imidazole rings is 1. The van der Waals surface area contributed by atoms with Crippen molar-refractivity contribution in [3.05, 3.63) is 78.4 Å². The van der Waals surface area contributed by atoms with Gasteiger partial charge in [-0.15, -0.1) is 0 Å². The summed E-state index contributed by atoms with van der Waals surface area (Å²) in [4.78, 5) is 18.7. The van der Waals surface area contributed by atoms with Crippen molar-refractivity contribution in [3.8, 4) is 0 Å². The molecule has 164 valence electrons. The van der Waals surface area contributed by atoms with E-state index in [-0.39, 0.29) is 0 Å². The standard InChI is InChI=1S/C25H29N7/c26-24-23-25(29-22(28-24)18-20-8-3-1-4-9-20)32(19-27-23)13-7-12-30-14-16-31(17-15-30)21-10-5-2-6-11-21/h1-6,8-11,19H,7,12-18H2,(H2,26,28,29). The van der Waals surface area contributed by atoms with Gasteiger partial charge in [-0.1, -0.05) is 48.5 Å². The number of para-hydroxylation sites is 1. The summed E-state index contributed by atoms with van der Waals surface area (Å²) in [6, 6.07) is 20.9. The van der Waals surface area contributed by atoms with Crippen LogP contribution >= 0.6 is 0 Å². The molecule has 0 bridgehead atoms. The second-order valence-corrected chi connectivity index (χ2v) is 8.32. The molecular weight excluding hydrogens is 398 g/mol. The van der Waals surface area contributed by atoms with E-state index in [9.17, 15) is 0 Å². The van der Waals surface area contributed by atoms with Crippen molar-refractivity contribution in [2.75, 3.05) is 43.4 Å². The molecule has 0 spiro atoms. The van der Waals surface area contributed by atoms with Gasteiger partial charge in [-0.3, -0.25) is 4.90 Å². The highest BCUT2D eigenvalue weighted by atomic mass is 15.3. The average molecular weight is 428 g/mol. The summed E-state index contributed by atoms with van der Waals surface area (Å²) >= 11 is 0. The molecule has 0 saturated carbocycles. The maximum atomic E-state index is 6.19. The molecule has 0 aliphatic carbocycles. The minimum atomic E-state index is 0.455. The zero-order valence-electron chi connectivity index (χ0n) is 18.3. The van der Waals surface area contributed by atoms with Gasteiger partial charge in [0.25, 0.3) is 0 Å². The summed E-state index contributed by atoms with van der Waals surface area (Å²) in [5, 5.41) is 0. The number of nitrogen functional groups attached to an aromatic ring is 1. The molecule has 2 N–H and O–H groups in total. The molecule has 7 nitrogen and oxygen atoms in total. The molecule has 1 fully saturated rings. The van der Waals surface area contributed by atoms with Gasteiger partial charge in [0.2, 0.25) is 0 Å². The molecule has 4 aromatic rings. The Morgan fingerprint density at radius 3 is 2.28 bits per heavy atom. The van der Waals surface area contributed by atoms with Gasteiger partial charge >= 0.3 is 0 Å². The van der Waals surface area contributed by atoms with Gasteiger partial charge in [0.05, 0.1) is 6.33 Å². The van der Waals surface area contributed by atoms with E-state index in [0.29, 0.717) is 17.8 Å². The molecule has 2 aromatic carbocycles. The van der Waals surface area contributed by atoms with Crippen LogP contribution in [-0.4, -0.2) is 57.1 Å². The maximum Gasteiger partial charge on any atom is 0.165 e. The molecule has 0 radical (unpaired) electrons. The Morgan fingerprint density at radius 2 is 1.53 bits per heavy atom. The number of anilines is 2. The van der Waals surface area contributed by atoms with E-state index >= 15 is 0 Å². The first-order valence-electron chi connectivity index (χ1n) is 11.3. The Hall–Kier alpha value is -3.45. The van der Waals surface area contributed by atoms with Crippen molar-refractivity contribution < 1.29 is 0 Å². The fraction of sp³-hybridized carbons (Fsp3) is 0.320. The summed E-state index contributed by atoms with van der Waals surface area (Å²) in [6.45, 7) is 6.28. The van der Waals surface area contributed by atoms with Crippen molar-refractivity contribution in [3.63, 3.8) is 0 Å². The molecule has 32 heavy (non-hydrogen) atoms. The molecule has 3 heterocycles. The Balaban J connectivity index is 1.19. The van der Waals surface area contributed by atoms with Crippen LogP contribution in [-0.2, 0) is 13.0 Å². The van der Waals surface area contributed by atoms with Crippen molar-refractivity contribution in [1.29, 1.82) is 0 Å². The Labute approximate surface area is 188 Å². The summed E-state index contributed by atoms with van der Waals surface area (Å²) in [5.74, 6) is 1.19. The second-order valence-electron chi connectivity index (χ2n) is 8.32. The van der Waals surface area contributed by atoms with Crippen LogP contribution in [0, 0.1) is 0 Å². The number of aryl methyl sites for hydroxylation is 1. The van der Waals surface area contributed by atoms with E-state index in [1.807, 2.05) is 24.5 Å². The van der Waals surface area contributed by atoms with E-state index in [2.05, 4.69) is 66.8 Å². The molecule has 0 amide bonds. The van der Waals surface area contributed by atoms with Crippen LogP contribution in [0.2, 0.25) is 0 Å². The number of nitrogens with two attached hydrogens (primary N) is 1. The summed E-state index contributed by atoms with van der Waals surface area (Å²) in [6.07, 6.45) is 3.56. The molecule has 1 aliphatic rings. The van der Waals surface area contributed by atoms with Gasteiger partial charge in [-0.25, -0.2) is 15.0 Å². The number of hydrogen-bond donors (Lipinski definition) is 1. The lowest BCUT2D eigenvalue weighted by Gasteiger charge is -2.36. The predicted octanol–water partition coefficient (Wildman–Crippen LogP) is 3.21. The van der Waals surface area contributed by atoms with Crippen molar-refractivity contribution in [1.82, 2.24) is 24.4 Å². The first kappa shape index (κ1) is 20.5. The van der Waals surface area contributed by atoms with E-state index in [4.69, 9.17) is 10.7 Å². The van der Waals surface area contributed by atoms with Crippen molar-refractivity contribution in [2.45, 2.75) is 19.4 Å². The SMILES string of the molecule is Nc1nc(Cc2ccccc2)nc2c1ncn2CCCN1CCN(c2ccccc2)CC1.